The van der Waals surface area contributed by atoms with E-state index in [1.807, 2.05) is 36.4 Å². The fourth-order valence-corrected chi connectivity index (χ4v) is 5.68. The summed E-state index contributed by atoms with van der Waals surface area (Å²) in [6, 6.07) is 24.2. The Morgan fingerprint density at radius 3 is 2.56 bits per heavy atom. The summed E-state index contributed by atoms with van der Waals surface area (Å²) in [4.78, 5) is 30.5. The molecular formula is C30H23BrN2O5S. The van der Waals surface area contributed by atoms with Gasteiger partial charge in [0.25, 0.3) is 5.91 Å². The van der Waals surface area contributed by atoms with Gasteiger partial charge < -0.3 is 14.6 Å². The lowest BCUT2D eigenvalue weighted by molar-refractivity contribution is -0.121. The number of thioether (sulfide) groups is 1. The lowest BCUT2D eigenvalue weighted by Gasteiger charge is -2.15. The van der Waals surface area contributed by atoms with Gasteiger partial charge in [-0.2, -0.15) is 0 Å². The van der Waals surface area contributed by atoms with Gasteiger partial charge in [0.2, 0.25) is 0 Å². The third kappa shape index (κ3) is 5.69. The van der Waals surface area contributed by atoms with Crippen molar-refractivity contribution in [2.24, 2.45) is 4.99 Å². The minimum Gasteiger partial charge on any atom is -0.493 e. The second-order valence-corrected chi connectivity index (χ2v) is 10.5. The molecule has 196 valence electrons. The number of amidine groups is 1. The number of benzene rings is 4. The Morgan fingerprint density at radius 2 is 1.82 bits per heavy atom. The highest BCUT2D eigenvalue weighted by Crippen LogP contribution is 2.40. The van der Waals surface area contributed by atoms with Crippen molar-refractivity contribution in [2.45, 2.75) is 6.61 Å². The van der Waals surface area contributed by atoms with E-state index < -0.39 is 5.97 Å². The number of hydrogen-bond donors (Lipinski definition) is 1. The number of fused-ring (bicyclic) bond motifs is 1. The first-order valence-corrected chi connectivity index (χ1v) is 13.5. The molecule has 39 heavy (non-hydrogen) atoms. The SMILES string of the molecule is COc1cc(C=C2SC(=Nc3ccc(C(=O)O)cc3)N(C)C2=O)cc(Br)c1OCc1cccc2ccccc12. The first kappa shape index (κ1) is 26.5. The molecule has 0 spiro atoms. The first-order valence-electron chi connectivity index (χ1n) is 11.9. The number of carboxylic acid groups (broad SMARTS) is 1. The van der Waals surface area contributed by atoms with Gasteiger partial charge >= 0.3 is 5.97 Å². The standard InChI is InChI=1S/C30H23BrN2O5S/c1-33-28(34)26(39-30(33)32-22-12-10-20(11-13-22)29(35)36)16-18-14-24(31)27(25(15-18)37-2)38-17-21-8-5-7-19-6-3-4-9-23(19)21/h3-16H,17H2,1-2H3,(H,35,36). The van der Waals surface area contributed by atoms with Crippen LogP contribution in [0.4, 0.5) is 5.69 Å². The fraction of sp³-hybridized carbons (Fsp3) is 0.100. The molecule has 1 amide bonds. The van der Waals surface area contributed by atoms with E-state index in [1.165, 1.54) is 28.8 Å². The molecule has 0 atom stereocenters. The summed E-state index contributed by atoms with van der Waals surface area (Å²) in [6.07, 6.45) is 1.78. The smallest absolute Gasteiger partial charge is 0.335 e. The number of carbonyl (C=O) groups excluding carboxylic acids is 1. The van der Waals surface area contributed by atoms with Gasteiger partial charge in [0.15, 0.2) is 16.7 Å². The van der Waals surface area contributed by atoms with Crippen molar-refractivity contribution in [1.29, 1.82) is 0 Å². The monoisotopic (exact) mass is 602 g/mol. The number of methoxy groups -OCH3 is 1. The molecule has 1 saturated heterocycles. The zero-order chi connectivity index (χ0) is 27.5. The van der Waals surface area contributed by atoms with E-state index in [4.69, 9.17) is 14.6 Å². The van der Waals surface area contributed by atoms with Crippen LogP contribution in [0.15, 0.2) is 93.2 Å². The summed E-state index contributed by atoms with van der Waals surface area (Å²) in [5.41, 5.74) is 2.55. The molecule has 1 fully saturated rings. The van der Waals surface area contributed by atoms with Crippen LogP contribution in [0, 0.1) is 0 Å². The summed E-state index contributed by atoms with van der Waals surface area (Å²) >= 11 is 4.85. The van der Waals surface area contributed by atoms with Crippen LogP contribution in [0.25, 0.3) is 16.8 Å². The normalized spacial score (nSPS) is 15.4. The van der Waals surface area contributed by atoms with Crippen LogP contribution in [0.2, 0.25) is 0 Å². The van der Waals surface area contributed by atoms with Crippen LogP contribution < -0.4 is 9.47 Å². The number of halogens is 1. The molecule has 0 saturated carbocycles. The number of likely N-dealkylation sites (N-methyl/N-ethyl adjacent to an activating group) is 1. The molecule has 0 bridgehead atoms. The molecule has 4 aromatic rings. The Hall–Kier alpha value is -4.08. The number of aromatic carboxylic acids is 1. The largest absolute Gasteiger partial charge is 0.493 e. The lowest BCUT2D eigenvalue weighted by atomic mass is 10.1. The number of amides is 1. The van der Waals surface area contributed by atoms with Crippen molar-refractivity contribution >= 4 is 67.3 Å². The van der Waals surface area contributed by atoms with E-state index in [9.17, 15) is 9.59 Å². The molecule has 1 aliphatic heterocycles. The molecule has 5 rings (SSSR count). The third-order valence-corrected chi connectivity index (χ3v) is 7.79. The fourth-order valence-electron chi connectivity index (χ4n) is 4.12. The highest BCUT2D eigenvalue weighted by molar-refractivity contribution is 9.10. The van der Waals surface area contributed by atoms with Crippen LogP contribution in [0.5, 0.6) is 11.5 Å². The highest BCUT2D eigenvalue weighted by Gasteiger charge is 2.30. The molecule has 1 N–H and O–H groups in total. The second kappa shape index (κ2) is 11.3. The van der Waals surface area contributed by atoms with E-state index >= 15 is 0 Å². The predicted octanol–water partition coefficient (Wildman–Crippen LogP) is 7.12. The van der Waals surface area contributed by atoms with Crippen LogP contribution in [0.3, 0.4) is 0 Å². The number of carbonyl (C=O) groups is 2. The van der Waals surface area contributed by atoms with Gasteiger partial charge in [0.05, 0.1) is 27.7 Å². The highest BCUT2D eigenvalue weighted by atomic mass is 79.9. The summed E-state index contributed by atoms with van der Waals surface area (Å²) in [6.45, 7) is 0.364. The summed E-state index contributed by atoms with van der Waals surface area (Å²) in [5, 5.41) is 11.9. The Labute approximate surface area is 237 Å². The van der Waals surface area contributed by atoms with Gasteiger partial charge in [0, 0.05) is 7.05 Å². The van der Waals surface area contributed by atoms with E-state index in [2.05, 4.69) is 39.1 Å². The van der Waals surface area contributed by atoms with Crippen molar-refractivity contribution in [1.82, 2.24) is 4.90 Å². The van der Waals surface area contributed by atoms with E-state index in [-0.39, 0.29) is 11.5 Å². The zero-order valence-corrected chi connectivity index (χ0v) is 23.5. The maximum atomic E-state index is 12.9. The van der Waals surface area contributed by atoms with Gasteiger partial charge in [-0.05, 0) is 92.1 Å². The number of nitrogens with zero attached hydrogens (tertiary/aromatic N) is 2. The molecule has 4 aromatic carbocycles. The molecule has 1 heterocycles. The molecule has 0 aromatic heterocycles. The maximum absolute atomic E-state index is 12.9. The molecule has 0 radical (unpaired) electrons. The third-order valence-electron chi connectivity index (χ3n) is 6.14. The second-order valence-electron chi connectivity index (χ2n) is 8.68. The minimum atomic E-state index is -1.01. The van der Waals surface area contributed by atoms with Crippen molar-refractivity contribution in [2.75, 3.05) is 14.2 Å². The van der Waals surface area contributed by atoms with Crippen molar-refractivity contribution in [3.8, 4) is 11.5 Å². The summed E-state index contributed by atoms with van der Waals surface area (Å²) in [5.74, 6) is -0.0874. The number of hydrogen-bond acceptors (Lipinski definition) is 6. The van der Waals surface area contributed by atoms with Gasteiger partial charge in [-0.25, -0.2) is 9.79 Å². The Balaban J connectivity index is 1.37. The summed E-state index contributed by atoms with van der Waals surface area (Å²) < 4.78 is 12.5. The molecule has 0 unspecified atom stereocenters. The molecular weight excluding hydrogens is 580 g/mol. The molecule has 1 aliphatic rings. The predicted molar refractivity (Wildman–Crippen MR) is 158 cm³/mol. The molecule has 7 nitrogen and oxygen atoms in total. The van der Waals surface area contributed by atoms with Gasteiger partial charge in [-0.3, -0.25) is 9.69 Å². The van der Waals surface area contributed by atoms with Crippen LogP contribution in [-0.2, 0) is 11.4 Å². The molecule has 0 aliphatic carbocycles. The number of carboxylic acids is 1. The van der Waals surface area contributed by atoms with Crippen molar-refractivity contribution < 1.29 is 24.2 Å². The average Bonchev–Trinajstić information content (AvgIpc) is 3.19. The van der Waals surface area contributed by atoms with E-state index in [0.717, 1.165) is 21.9 Å². The van der Waals surface area contributed by atoms with Gasteiger partial charge in [-0.1, -0.05) is 42.5 Å². The number of rotatable bonds is 7. The van der Waals surface area contributed by atoms with Crippen LogP contribution >= 0.6 is 27.7 Å². The number of aliphatic imine (C=N–C) groups is 1. The minimum absolute atomic E-state index is 0.173. The Kier molecular flexibility index (Phi) is 7.72. The lowest BCUT2D eigenvalue weighted by Crippen LogP contribution is -2.23. The zero-order valence-electron chi connectivity index (χ0n) is 21.1. The number of ether oxygens (including phenoxy) is 2. The first-order chi connectivity index (χ1) is 18.8. The topological polar surface area (TPSA) is 88.4 Å². The van der Waals surface area contributed by atoms with Crippen molar-refractivity contribution in [3.63, 3.8) is 0 Å². The van der Waals surface area contributed by atoms with Crippen molar-refractivity contribution in [3.05, 3.63) is 105 Å². The summed E-state index contributed by atoms with van der Waals surface area (Å²) in [7, 11) is 3.23. The van der Waals surface area contributed by atoms with Gasteiger partial charge in [-0.15, -0.1) is 0 Å². The van der Waals surface area contributed by atoms with Crippen LogP contribution in [-0.4, -0.2) is 41.2 Å². The van der Waals surface area contributed by atoms with E-state index in [0.29, 0.717) is 38.3 Å². The maximum Gasteiger partial charge on any atom is 0.335 e. The average molecular weight is 603 g/mol. The molecule has 9 heteroatoms. The Morgan fingerprint density at radius 1 is 1.08 bits per heavy atom. The van der Waals surface area contributed by atoms with Crippen LogP contribution in [0.1, 0.15) is 21.5 Å². The van der Waals surface area contributed by atoms with Gasteiger partial charge in [0.1, 0.15) is 6.61 Å². The Bertz CT molecular complexity index is 1640. The van der Waals surface area contributed by atoms with E-state index in [1.54, 1.807) is 32.4 Å². The quantitative estimate of drug-likeness (QED) is 0.226.